The molecule has 3 N–H and O–H groups in total. The van der Waals surface area contributed by atoms with Crippen molar-refractivity contribution in [1.82, 2.24) is 30.7 Å². The Labute approximate surface area is 261 Å². The van der Waals surface area contributed by atoms with Crippen LogP contribution in [0.25, 0.3) is 0 Å². The number of rotatable bonds is 26. The zero-order valence-corrected chi connectivity index (χ0v) is 28.2. The minimum Gasteiger partial charge on any atom is -0.356 e. The van der Waals surface area contributed by atoms with Gasteiger partial charge < -0.3 is 5.32 Å². The number of hydrogen-bond donors (Lipinski definition) is 3. The first-order chi connectivity index (χ1) is 20.6. The van der Waals surface area contributed by atoms with E-state index in [2.05, 4.69) is 30.7 Å². The molecule has 0 aliphatic carbocycles. The van der Waals surface area contributed by atoms with Crippen LogP contribution in [0.2, 0.25) is 0 Å². The maximum atomic E-state index is 11.5. The topological polar surface area (TPSA) is 164 Å². The standard InChI is InChI=1S/C19H37N5O3S.C12H23NO2/c1-2-28(26,27)22-19(25)17-15-13-11-9-7-5-3-4-6-8-10-12-14-16-18-20-23-24-21-18;1-4-7-12(15)13-9-6-5-8-10(2)11(3)14/h2-17H2,1H3,(H,22,25)(H,20,21,23,24);10H,4-9H2,1-3H3,(H,13,15)/t;10-/m.0/s1. The number of aromatic nitrogens is 4. The minimum atomic E-state index is -3.41. The van der Waals surface area contributed by atoms with E-state index in [1.54, 1.807) is 6.92 Å². The van der Waals surface area contributed by atoms with E-state index in [0.29, 0.717) is 12.8 Å². The van der Waals surface area contributed by atoms with Crippen LogP contribution in [-0.2, 0) is 30.8 Å². The maximum Gasteiger partial charge on any atom is 0.234 e. The summed E-state index contributed by atoms with van der Waals surface area (Å²) in [5, 5.41) is 16.8. The first-order valence-electron chi connectivity index (χ1n) is 16.6. The lowest BCUT2D eigenvalue weighted by molar-refractivity contribution is -0.121. The molecule has 0 aliphatic rings. The van der Waals surface area contributed by atoms with Gasteiger partial charge in [0.15, 0.2) is 5.82 Å². The van der Waals surface area contributed by atoms with E-state index in [1.165, 1.54) is 64.7 Å². The van der Waals surface area contributed by atoms with Gasteiger partial charge in [-0.3, -0.25) is 19.1 Å². The highest BCUT2D eigenvalue weighted by Gasteiger charge is 2.11. The highest BCUT2D eigenvalue weighted by Crippen LogP contribution is 2.13. The highest BCUT2D eigenvalue weighted by molar-refractivity contribution is 7.90. The van der Waals surface area contributed by atoms with Crippen molar-refractivity contribution in [2.75, 3.05) is 12.3 Å². The number of ketones is 1. The Morgan fingerprint density at radius 1 is 0.767 bits per heavy atom. The molecule has 250 valence electrons. The lowest BCUT2D eigenvalue weighted by atomic mass is 10.0. The number of nitrogens with one attached hydrogen (secondary N) is 3. The fourth-order valence-electron chi connectivity index (χ4n) is 4.42. The van der Waals surface area contributed by atoms with Crippen molar-refractivity contribution < 1.29 is 22.8 Å². The average molecular weight is 629 g/mol. The van der Waals surface area contributed by atoms with Crippen LogP contribution in [0.4, 0.5) is 0 Å². The molecule has 1 aromatic rings. The Hall–Kier alpha value is -2.37. The minimum absolute atomic E-state index is 0.0553. The molecule has 0 saturated carbocycles. The molecule has 0 spiro atoms. The molecular weight excluding hydrogens is 568 g/mol. The van der Waals surface area contributed by atoms with Crippen LogP contribution in [-0.4, -0.2) is 58.9 Å². The van der Waals surface area contributed by atoms with E-state index in [-0.39, 0.29) is 29.3 Å². The molecule has 1 atom stereocenters. The third-order valence-corrected chi connectivity index (χ3v) is 8.70. The van der Waals surface area contributed by atoms with Crippen LogP contribution in [0, 0.1) is 5.92 Å². The van der Waals surface area contributed by atoms with Gasteiger partial charge in [-0.15, -0.1) is 10.2 Å². The summed E-state index contributed by atoms with van der Waals surface area (Å²) in [7, 11) is -3.41. The van der Waals surface area contributed by atoms with E-state index in [0.717, 1.165) is 70.2 Å². The van der Waals surface area contributed by atoms with Gasteiger partial charge in [-0.05, 0) is 46.0 Å². The van der Waals surface area contributed by atoms with Gasteiger partial charge >= 0.3 is 0 Å². The molecular formula is C31H60N6O5S. The molecule has 0 saturated heterocycles. The van der Waals surface area contributed by atoms with E-state index < -0.39 is 10.0 Å². The molecule has 0 aliphatic heterocycles. The molecule has 1 aromatic heterocycles. The van der Waals surface area contributed by atoms with Crippen LogP contribution >= 0.6 is 0 Å². The normalized spacial score (nSPS) is 11.8. The number of nitrogens with zero attached hydrogens (tertiary/aromatic N) is 3. The Kier molecular flexibility index (Phi) is 25.7. The van der Waals surface area contributed by atoms with Crippen molar-refractivity contribution in [3.05, 3.63) is 5.82 Å². The maximum absolute atomic E-state index is 11.5. The van der Waals surface area contributed by atoms with Crippen molar-refractivity contribution in [3.63, 3.8) is 0 Å². The summed E-state index contributed by atoms with van der Waals surface area (Å²) in [5.41, 5.74) is 0. The molecule has 0 aromatic carbocycles. The lowest BCUT2D eigenvalue weighted by Gasteiger charge is -2.07. The number of sulfonamides is 1. The SMILES string of the molecule is CCCC(=O)NCCCC[C@H](C)C(C)=O.CCS(=O)(=O)NC(=O)CCCCCCCCCCCCCCCc1nn[nH]n1. The molecule has 1 heterocycles. The van der Waals surface area contributed by atoms with Crippen LogP contribution in [0.15, 0.2) is 0 Å². The predicted octanol–water partition coefficient (Wildman–Crippen LogP) is 5.97. The lowest BCUT2D eigenvalue weighted by Crippen LogP contribution is -2.31. The summed E-state index contributed by atoms with van der Waals surface area (Å²) in [5.74, 6) is 0.933. The van der Waals surface area contributed by atoms with Crippen LogP contribution in [0.1, 0.15) is 156 Å². The fourth-order valence-corrected chi connectivity index (χ4v) is 5.01. The third-order valence-electron chi connectivity index (χ3n) is 7.40. The number of aromatic amines is 1. The number of amides is 2. The smallest absolute Gasteiger partial charge is 0.234 e. The highest BCUT2D eigenvalue weighted by atomic mass is 32.2. The molecule has 1 rings (SSSR count). The predicted molar refractivity (Wildman–Crippen MR) is 172 cm³/mol. The second kappa shape index (κ2) is 27.2. The van der Waals surface area contributed by atoms with Gasteiger partial charge in [-0.25, -0.2) is 8.42 Å². The summed E-state index contributed by atoms with van der Waals surface area (Å²) in [6.45, 7) is 7.85. The average Bonchev–Trinajstić information content (AvgIpc) is 3.48. The number of Topliss-reactive ketones (excluding diaryl/α,β-unsaturated/α-hetero) is 1. The van der Waals surface area contributed by atoms with Crippen LogP contribution < -0.4 is 10.0 Å². The molecule has 12 heteroatoms. The summed E-state index contributed by atoms with van der Waals surface area (Å²) >= 11 is 0. The first kappa shape index (κ1) is 40.6. The van der Waals surface area contributed by atoms with Crippen molar-refractivity contribution in [2.24, 2.45) is 5.92 Å². The van der Waals surface area contributed by atoms with Crippen molar-refractivity contribution in [1.29, 1.82) is 0 Å². The Bertz CT molecular complexity index is 940. The van der Waals surface area contributed by atoms with Crippen molar-refractivity contribution >= 4 is 27.6 Å². The van der Waals surface area contributed by atoms with E-state index in [4.69, 9.17) is 0 Å². The van der Waals surface area contributed by atoms with Gasteiger partial charge in [-0.1, -0.05) is 96.1 Å². The summed E-state index contributed by atoms with van der Waals surface area (Å²) in [4.78, 5) is 33.5. The Morgan fingerprint density at radius 2 is 1.33 bits per heavy atom. The van der Waals surface area contributed by atoms with E-state index >= 15 is 0 Å². The molecule has 0 fully saturated rings. The Balaban J connectivity index is 0.000000994. The number of unbranched alkanes of at least 4 members (excludes halogenated alkanes) is 13. The summed E-state index contributed by atoms with van der Waals surface area (Å²) < 4.78 is 24.6. The summed E-state index contributed by atoms with van der Waals surface area (Å²) in [6, 6.07) is 0. The quantitative estimate of drug-likeness (QED) is 0.106. The molecule has 11 nitrogen and oxygen atoms in total. The fraction of sp³-hybridized carbons (Fsp3) is 0.871. The molecule has 0 bridgehead atoms. The zero-order chi connectivity index (χ0) is 32.2. The largest absolute Gasteiger partial charge is 0.356 e. The monoisotopic (exact) mass is 628 g/mol. The Morgan fingerprint density at radius 3 is 1.81 bits per heavy atom. The number of aryl methyl sites for hydroxylation is 1. The second-order valence-electron chi connectivity index (χ2n) is 11.5. The van der Waals surface area contributed by atoms with Gasteiger partial charge in [-0.2, -0.15) is 5.21 Å². The number of carbonyl (C=O) groups is 3. The summed E-state index contributed by atoms with van der Waals surface area (Å²) in [6.07, 6.45) is 21.1. The van der Waals surface area contributed by atoms with E-state index in [1.807, 2.05) is 13.8 Å². The molecule has 43 heavy (non-hydrogen) atoms. The van der Waals surface area contributed by atoms with Crippen LogP contribution in [0.3, 0.4) is 0 Å². The molecule has 0 unspecified atom stereocenters. The van der Waals surface area contributed by atoms with Crippen molar-refractivity contribution in [2.45, 2.75) is 156 Å². The number of H-pyrrole nitrogens is 1. The first-order valence-corrected chi connectivity index (χ1v) is 18.3. The van der Waals surface area contributed by atoms with Crippen LogP contribution in [0.5, 0.6) is 0 Å². The molecule has 2 amide bonds. The molecule has 0 radical (unpaired) electrons. The van der Waals surface area contributed by atoms with Gasteiger partial charge in [0.1, 0.15) is 5.78 Å². The van der Waals surface area contributed by atoms with Gasteiger partial charge in [0, 0.05) is 31.7 Å². The number of tetrazole rings is 1. The van der Waals surface area contributed by atoms with Gasteiger partial charge in [0.25, 0.3) is 0 Å². The van der Waals surface area contributed by atoms with Crippen molar-refractivity contribution in [3.8, 4) is 0 Å². The zero-order valence-electron chi connectivity index (χ0n) is 27.4. The second-order valence-corrected chi connectivity index (χ2v) is 13.5. The van der Waals surface area contributed by atoms with Gasteiger partial charge in [0.05, 0.1) is 5.75 Å². The number of carbonyl (C=O) groups excluding carboxylic acids is 3. The number of hydrogen-bond acceptors (Lipinski definition) is 8. The van der Waals surface area contributed by atoms with E-state index in [9.17, 15) is 22.8 Å². The van der Waals surface area contributed by atoms with Gasteiger partial charge in [0.2, 0.25) is 21.8 Å². The third kappa shape index (κ3) is 27.0.